The Labute approximate surface area is 169 Å². The molecular formula is C21H26N2O4S. The van der Waals surface area contributed by atoms with Crippen molar-refractivity contribution < 1.29 is 19.7 Å². The number of hydrogen-bond donors (Lipinski definition) is 2. The highest BCUT2D eigenvalue weighted by Gasteiger charge is 2.44. The standard InChI is InChI=1S/C21H26N2O4S/c1-14-9-10-16(12-24)19(22-14)28-18(15-7-5-4-6-8-15)11-17-13-27-21(2,3)23(17)20(25)26/h4-10,17-18,24H,11-13H2,1-3H3,(H,25,26)/t17-,18+/m0/s1. The van der Waals surface area contributed by atoms with Gasteiger partial charge in [-0.2, -0.15) is 0 Å². The van der Waals surface area contributed by atoms with Gasteiger partial charge in [0, 0.05) is 16.5 Å². The van der Waals surface area contributed by atoms with Crippen LogP contribution in [-0.4, -0.2) is 44.6 Å². The van der Waals surface area contributed by atoms with Gasteiger partial charge < -0.3 is 14.9 Å². The fourth-order valence-electron chi connectivity index (χ4n) is 3.53. The second kappa shape index (κ2) is 8.51. The molecule has 1 aliphatic heterocycles. The van der Waals surface area contributed by atoms with Crippen molar-refractivity contribution in [1.82, 2.24) is 9.88 Å². The molecule has 2 N–H and O–H groups in total. The van der Waals surface area contributed by atoms with Gasteiger partial charge in [0.25, 0.3) is 0 Å². The van der Waals surface area contributed by atoms with Gasteiger partial charge in [-0.15, -0.1) is 0 Å². The lowest BCUT2D eigenvalue weighted by Crippen LogP contribution is -2.47. The van der Waals surface area contributed by atoms with E-state index >= 15 is 0 Å². The molecule has 1 aromatic heterocycles. The van der Waals surface area contributed by atoms with Crippen LogP contribution in [0.1, 0.15) is 42.3 Å². The van der Waals surface area contributed by atoms with Crippen LogP contribution in [0.15, 0.2) is 47.5 Å². The average Bonchev–Trinajstić information content (AvgIpc) is 2.96. The third-order valence-electron chi connectivity index (χ3n) is 4.94. The van der Waals surface area contributed by atoms with Crippen LogP contribution in [0.4, 0.5) is 4.79 Å². The second-order valence-corrected chi connectivity index (χ2v) is 8.58. The largest absolute Gasteiger partial charge is 0.465 e. The molecule has 0 spiro atoms. The fraction of sp³-hybridized carbons (Fsp3) is 0.429. The van der Waals surface area contributed by atoms with Crippen molar-refractivity contribution in [3.05, 3.63) is 59.3 Å². The first-order valence-corrected chi connectivity index (χ1v) is 10.1. The van der Waals surface area contributed by atoms with E-state index < -0.39 is 11.8 Å². The number of carbonyl (C=O) groups is 1. The monoisotopic (exact) mass is 402 g/mol. The van der Waals surface area contributed by atoms with E-state index in [-0.39, 0.29) is 17.9 Å². The van der Waals surface area contributed by atoms with Gasteiger partial charge in [0.05, 0.1) is 19.3 Å². The normalized spacial score (nSPS) is 19.6. The lowest BCUT2D eigenvalue weighted by Gasteiger charge is -2.32. The summed E-state index contributed by atoms with van der Waals surface area (Å²) in [5.74, 6) is 0. The van der Waals surface area contributed by atoms with E-state index in [0.29, 0.717) is 13.0 Å². The lowest BCUT2D eigenvalue weighted by atomic mass is 10.0. The molecule has 0 aliphatic carbocycles. The zero-order valence-corrected chi connectivity index (χ0v) is 17.1. The van der Waals surface area contributed by atoms with E-state index in [2.05, 4.69) is 4.98 Å². The molecule has 1 fully saturated rings. The van der Waals surface area contributed by atoms with Gasteiger partial charge in [0.1, 0.15) is 10.8 Å². The van der Waals surface area contributed by atoms with E-state index in [1.54, 1.807) is 25.6 Å². The summed E-state index contributed by atoms with van der Waals surface area (Å²) >= 11 is 1.56. The number of aliphatic hydroxyl groups excluding tert-OH is 1. The topological polar surface area (TPSA) is 82.9 Å². The molecule has 2 aromatic rings. The molecule has 1 aliphatic rings. The second-order valence-electron chi connectivity index (χ2n) is 7.39. The minimum absolute atomic E-state index is 0.0230. The van der Waals surface area contributed by atoms with Gasteiger partial charge in [-0.25, -0.2) is 9.78 Å². The van der Waals surface area contributed by atoms with E-state index in [1.807, 2.05) is 49.4 Å². The van der Waals surface area contributed by atoms with Crippen LogP contribution in [0.2, 0.25) is 0 Å². The van der Waals surface area contributed by atoms with Gasteiger partial charge in [0.15, 0.2) is 0 Å². The van der Waals surface area contributed by atoms with Crippen molar-refractivity contribution in [3.63, 3.8) is 0 Å². The number of aromatic nitrogens is 1. The van der Waals surface area contributed by atoms with Gasteiger partial charge in [0.2, 0.25) is 0 Å². The fourth-order valence-corrected chi connectivity index (χ4v) is 4.89. The number of benzene rings is 1. The lowest BCUT2D eigenvalue weighted by molar-refractivity contribution is -0.0421. The molecule has 28 heavy (non-hydrogen) atoms. The minimum Gasteiger partial charge on any atom is -0.465 e. The predicted molar refractivity (Wildman–Crippen MR) is 108 cm³/mol. The van der Waals surface area contributed by atoms with Crippen molar-refractivity contribution in [1.29, 1.82) is 0 Å². The Morgan fingerprint density at radius 2 is 2.04 bits per heavy atom. The molecule has 0 unspecified atom stereocenters. The Hall–Kier alpha value is -2.09. The minimum atomic E-state index is -0.978. The molecule has 0 saturated carbocycles. The molecule has 2 heterocycles. The van der Waals surface area contributed by atoms with Crippen molar-refractivity contribution in [2.45, 2.75) is 55.8 Å². The van der Waals surface area contributed by atoms with Crippen LogP contribution in [0.5, 0.6) is 0 Å². The zero-order chi connectivity index (χ0) is 20.3. The summed E-state index contributed by atoms with van der Waals surface area (Å²) in [6.07, 6.45) is -0.390. The Morgan fingerprint density at radius 1 is 1.32 bits per heavy atom. The maximum Gasteiger partial charge on any atom is 0.409 e. The van der Waals surface area contributed by atoms with Crippen LogP contribution < -0.4 is 0 Å². The van der Waals surface area contributed by atoms with E-state index in [0.717, 1.165) is 21.8 Å². The molecule has 150 valence electrons. The molecule has 1 aromatic carbocycles. The Kier molecular flexibility index (Phi) is 6.27. The van der Waals surface area contributed by atoms with Gasteiger partial charge in [-0.1, -0.05) is 48.2 Å². The summed E-state index contributed by atoms with van der Waals surface area (Å²) in [5.41, 5.74) is 1.90. The predicted octanol–water partition coefficient (Wildman–Crippen LogP) is 4.22. The highest BCUT2D eigenvalue weighted by molar-refractivity contribution is 7.99. The third-order valence-corrected chi connectivity index (χ3v) is 6.27. The summed E-state index contributed by atoms with van der Waals surface area (Å²) < 4.78 is 5.76. The maximum absolute atomic E-state index is 11.8. The van der Waals surface area contributed by atoms with Crippen LogP contribution in [0, 0.1) is 6.92 Å². The first kappa shape index (κ1) is 20.6. The molecule has 3 rings (SSSR count). The molecule has 7 heteroatoms. The number of hydrogen-bond acceptors (Lipinski definition) is 5. The number of carboxylic acid groups (broad SMARTS) is 1. The number of nitrogens with zero attached hydrogens (tertiary/aromatic N) is 2. The number of thioether (sulfide) groups is 1. The molecule has 1 amide bonds. The quantitative estimate of drug-likeness (QED) is 0.704. The number of amides is 1. The highest BCUT2D eigenvalue weighted by atomic mass is 32.2. The average molecular weight is 403 g/mol. The van der Waals surface area contributed by atoms with Gasteiger partial charge in [-0.05, 0) is 38.8 Å². The van der Waals surface area contributed by atoms with Gasteiger partial charge >= 0.3 is 6.09 Å². The summed E-state index contributed by atoms with van der Waals surface area (Å²) in [6, 6.07) is 13.5. The number of aryl methyl sites for hydroxylation is 1. The summed E-state index contributed by atoms with van der Waals surface area (Å²) in [7, 11) is 0. The number of ether oxygens (including phenoxy) is 1. The first-order valence-electron chi connectivity index (χ1n) is 9.27. The Morgan fingerprint density at radius 3 is 2.68 bits per heavy atom. The molecule has 0 radical (unpaired) electrons. The van der Waals surface area contributed by atoms with Crippen molar-refractivity contribution >= 4 is 17.9 Å². The number of pyridine rings is 1. The van der Waals surface area contributed by atoms with Crippen LogP contribution in [0.25, 0.3) is 0 Å². The van der Waals surface area contributed by atoms with Crippen molar-refractivity contribution in [2.24, 2.45) is 0 Å². The zero-order valence-electron chi connectivity index (χ0n) is 16.3. The summed E-state index contributed by atoms with van der Waals surface area (Å²) in [6.45, 7) is 5.74. The van der Waals surface area contributed by atoms with E-state index in [4.69, 9.17) is 4.74 Å². The Balaban J connectivity index is 1.91. The van der Waals surface area contributed by atoms with Crippen molar-refractivity contribution in [3.8, 4) is 0 Å². The third kappa shape index (κ3) is 4.48. The first-order chi connectivity index (χ1) is 13.3. The van der Waals surface area contributed by atoms with Crippen LogP contribution in [0.3, 0.4) is 0 Å². The summed E-state index contributed by atoms with van der Waals surface area (Å²) in [4.78, 5) is 17.9. The van der Waals surface area contributed by atoms with E-state index in [9.17, 15) is 15.0 Å². The molecule has 2 atom stereocenters. The van der Waals surface area contributed by atoms with E-state index in [1.165, 1.54) is 4.90 Å². The van der Waals surface area contributed by atoms with Crippen LogP contribution in [-0.2, 0) is 11.3 Å². The smallest absolute Gasteiger partial charge is 0.409 e. The van der Waals surface area contributed by atoms with Crippen LogP contribution >= 0.6 is 11.8 Å². The molecule has 0 bridgehead atoms. The highest BCUT2D eigenvalue weighted by Crippen LogP contribution is 2.42. The van der Waals surface area contributed by atoms with Gasteiger partial charge in [-0.3, -0.25) is 4.90 Å². The molecular weight excluding hydrogens is 376 g/mol. The number of rotatable bonds is 6. The number of aliphatic hydroxyl groups is 1. The van der Waals surface area contributed by atoms with Crippen molar-refractivity contribution in [2.75, 3.05) is 6.61 Å². The maximum atomic E-state index is 11.8. The SMILES string of the molecule is Cc1ccc(CO)c(S[C@H](C[C@H]2COC(C)(C)N2C(=O)O)c2ccccc2)n1. The molecule has 6 nitrogen and oxygen atoms in total. The molecule has 1 saturated heterocycles. The Bertz CT molecular complexity index is 828. The summed E-state index contributed by atoms with van der Waals surface area (Å²) in [5, 5.41) is 20.2.